The summed E-state index contributed by atoms with van der Waals surface area (Å²) in [7, 11) is 0. The average Bonchev–Trinajstić information content (AvgIpc) is 2.97. The van der Waals surface area contributed by atoms with Gasteiger partial charge in [-0.1, -0.05) is 32.8 Å². The van der Waals surface area contributed by atoms with E-state index in [0.717, 1.165) is 30.6 Å². The molecule has 0 radical (unpaired) electrons. The molecule has 0 aliphatic carbocycles. The Morgan fingerprint density at radius 2 is 1.73 bits per heavy atom. The monoisotopic (exact) mass is 417 g/mol. The summed E-state index contributed by atoms with van der Waals surface area (Å²) in [6.45, 7) is 7.71. The van der Waals surface area contributed by atoms with E-state index in [9.17, 15) is 14.4 Å². The van der Waals surface area contributed by atoms with E-state index in [1.165, 1.54) is 0 Å². The molecular weight excluding hydrogens is 386 g/mol. The molecule has 4 amide bonds. The summed E-state index contributed by atoms with van der Waals surface area (Å²) < 4.78 is 11.1. The summed E-state index contributed by atoms with van der Waals surface area (Å²) in [6, 6.07) is 4.63. The molecule has 0 aromatic heterocycles. The lowest BCUT2D eigenvalue weighted by Gasteiger charge is -2.26. The predicted molar refractivity (Wildman–Crippen MR) is 111 cm³/mol. The summed E-state index contributed by atoms with van der Waals surface area (Å²) in [5.41, 5.74) is -0.668. The molecule has 2 aliphatic rings. The Labute approximate surface area is 177 Å². The Morgan fingerprint density at radius 1 is 1.10 bits per heavy atom. The molecule has 8 heteroatoms. The topological polar surface area (TPSA) is 88.2 Å². The minimum absolute atomic E-state index is 0.202. The van der Waals surface area contributed by atoms with Gasteiger partial charge >= 0.3 is 6.03 Å². The van der Waals surface area contributed by atoms with Crippen LogP contribution in [0.5, 0.6) is 11.5 Å². The van der Waals surface area contributed by atoms with E-state index in [-0.39, 0.29) is 12.5 Å². The molecule has 1 aromatic rings. The van der Waals surface area contributed by atoms with E-state index < -0.39 is 17.5 Å². The zero-order valence-corrected chi connectivity index (χ0v) is 18.0. The molecule has 2 heterocycles. The second kappa shape index (κ2) is 9.36. The molecule has 2 aliphatic heterocycles. The van der Waals surface area contributed by atoms with Gasteiger partial charge in [-0.15, -0.1) is 0 Å². The summed E-state index contributed by atoms with van der Waals surface area (Å²) in [4.78, 5) is 41.4. The lowest BCUT2D eigenvalue weighted by molar-refractivity contribution is -0.139. The van der Waals surface area contributed by atoms with Crippen molar-refractivity contribution < 1.29 is 23.9 Å². The second-order valence-electron chi connectivity index (χ2n) is 7.89. The number of unbranched alkanes of at least 4 members (excludes halogenated alkanes) is 2. The number of amides is 4. The number of benzene rings is 1. The highest BCUT2D eigenvalue weighted by atomic mass is 16.6. The van der Waals surface area contributed by atoms with E-state index in [2.05, 4.69) is 19.2 Å². The van der Waals surface area contributed by atoms with Crippen molar-refractivity contribution in [1.82, 2.24) is 15.1 Å². The standard InChI is InChI=1S/C22H31N3O5/c1-4-6-10-24(11-7-5-2)19(26)15-25-20(27)22(3,23-21(25)28)16-8-9-17-18(14-16)30-13-12-29-17/h8-9,14H,4-7,10-13,15H2,1-3H3,(H,23,28)/t22-/m0/s1. The number of imide groups is 1. The first-order valence-electron chi connectivity index (χ1n) is 10.7. The van der Waals surface area contributed by atoms with Gasteiger partial charge in [0.05, 0.1) is 0 Å². The van der Waals surface area contributed by atoms with Crippen molar-refractivity contribution >= 4 is 17.8 Å². The van der Waals surface area contributed by atoms with Crippen LogP contribution in [0.4, 0.5) is 4.79 Å². The maximum absolute atomic E-state index is 13.2. The van der Waals surface area contributed by atoms with E-state index in [1.807, 2.05) is 0 Å². The highest BCUT2D eigenvalue weighted by molar-refractivity contribution is 6.09. The van der Waals surface area contributed by atoms with Gasteiger partial charge in [0.1, 0.15) is 25.3 Å². The molecule has 1 aromatic carbocycles. The second-order valence-corrected chi connectivity index (χ2v) is 7.89. The molecule has 0 saturated carbocycles. The molecular formula is C22H31N3O5. The molecule has 1 N–H and O–H groups in total. The third kappa shape index (κ3) is 4.37. The van der Waals surface area contributed by atoms with Crippen LogP contribution in [0.1, 0.15) is 52.0 Å². The predicted octanol–water partition coefficient (Wildman–Crippen LogP) is 2.65. The van der Waals surface area contributed by atoms with Crippen molar-refractivity contribution in [3.8, 4) is 11.5 Å². The molecule has 0 bridgehead atoms. The summed E-state index contributed by atoms with van der Waals surface area (Å²) in [6.07, 6.45) is 3.73. The van der Waals surface area contributed by atoms with Gasteiger partial charge in [-0.3, -0.25) is 14.5 Å². The van der Waals surface area contributed by atoms with Crippen molar-refractivity contribution in [3.05, 3.63) is 23.8 Å². The molecule has 164 valence electrons. The number of ether oxygens (including phenoxy) is 2. The quantitative estimate of drug-likeness (QED) is 0.624. The van der Waals surface area contributed by atoms with Crippen LogP contribution in [0.15, 0.2) is 18.2 Å². The fraction of sp³-hybridized carbons (Fsp3) is 0.591. The number of carbonyl (C=O) groups is 3. The van der Waals surface area contributed by atoms with Crippen molar-refractivity contribution in [2.75, 3.05) is 32.8 Å². The Morgan fingerprint density at radius 3 is 2.37 bits per heavy atom. The van der Waals surface area contributed by atoms with Gasteiger partial charge in [-0.25, -0.2) is 4.79 Å². The first-order valence-corrected chi connectivity index (χ1v) is 10.7. The van der Waals surface area contributed by atoms with Crippen LogP contribution in [-0.4, -0.2) is 60.5 Å². The third-order valence-electron chi connectivity index (χ3n) is 5.60. The number of carbonyl (C=O) groups excluding carboxylic acids is 3. The Kier molecular flexibility index (Phi) is 6.84. The molecule has 1 saturated heterocycles. The highest BCUT2D eigenvalue weighted by Crippen LogP contribution is 2.36. The van der Waals surface area contributed by atoms with Crippen LogP contribution in [-0.2, 0) is 15.1 Å². The summed E-state index contributed by atoms with van der Waals surface area (Å²) in [5, 5.41) is 2.75. The van der Waals surface area contributed by atoms with Gasteiger partial charge in [-0.05, 0) is 37.5 Å². The maximum Gasteiger partial charge on any atom is 0.325 e. The lowest BCUT2D eigenvalue weighted by Crippen LogP contribution is -2.45. The minimum atomic E-state index is -1.26. The Balaban J connectivity index is 1.75. The average molecular weight is 418 g/mol. The Bertz CT molecular complexity index is 804. The SMILES string of the molecule is CCCCN(CCCC)C(=O)CN1C(=O)N[C@@](C)(c2ccc3c(c2)OCCO3)C1=O. The number of hydrogen-bond donors (Lipinski definition) is 1. The first kappa shape index (κ1) is 21.9. The van der Waals surface area contributed by atoms with Crippen LogP contribution in [0.2, 0.25) is 0 Å². The van der Waals surface area contributed by atoms with Crippen molar-refractivity contribution in [2.45, 2.75) is 52.0 Å². The maximum atomic E-state index is 13.2. The van der Waals surface area contributed by atoms with E-state index in [1.54, 1.807) is 30.0 Å². The van der Waals surface area contributed by atoms with E-state index in [4.69, 9.17) is 9.47 Å². The van der Waals surface area contributed by atoms with Crippen LogP contribution in [0.3, 0.4) is 0 Å². The number of nitrogens with zero attached hydrogens (tertiary/aromatic N) is 2. The molecule has 0 unspecified atom stereocenters. The Hall–Kier alpha value is -2.77. The zero-order chi connectivity index (χ0) is 21.7. The van der Waals surface area contributed by atoms with Crippen LogP contribution < -0.4 is 14.8 Å². The number of hydrogen-bond acceptors (Lipinski definition) is 5. The summed E-state index contributed by atoms with van der Waals surface area (Å²) in [5.74, 6) is 0.511. The van der Waals surface area contributed by atoms with Gasteiger partial charge in [0.25, 0.3) is 5.91 Å². The first-order chi connectivity index (χ1) is 14.4. The third-order valence-corrected chi connectivity index (χ3v) is 5.60. The molecule has 0 spiro atoms. The molecule has 1 atom stereocenters. The van der Waals surface area contributed by atoms with Crippen LogP contribution in [0, 0.1) is 0 Å². The van der Waals surface area contributed by atoms with Crippen molar-refractivity contribution in [3.63, 3.8) is 0 Å². The van der Waals surface area contributed by atoms with Gasteiger partial charge in [0.2, 0.25) is 5.91 Å². The van der Waals surface area contributed by atoms with Gasteiger partial charge in [-0.2, -0.15) is 0 Å². The fourth-order valence-corrected chi connectivity index (χ4v) is 3.68. The number of fused-ring (bicyclic) bond motifs is 1. The molecule has 1 fully saturated rings. The normalized spacial score (nSPS) is 20.3. The van der Waals surface area contributed by atoms with Gasteiger partial charge in [0, 0.05) is 13.1 Å². The van der Waals surface area contributed by atoms with E-state index >= 15 is 0 Å². The van der Waals surface area contributed by atoms with Crippen molar-refractivity contribution in [2.24, 2.45) is 0 Å². The van der Waals surface area contributed by atoms with Crippen molar-refractivity contribution in [1.29, 1.82) is 0 Å². The lowest BCUT2D eigenvalue weighted by atomic mass is 9.91. The van der Waals surface area contributed by atoms with Crippen LogP contribution in [0.25, 0.3) is 0 Å². The molecule has 8 nitrogen and oxygen atoms in total. The highest BCUT2D eigenvalue weighted by Gasteiger charge is 2.50. The largest absolute Gasteiger partial charge is 0.486 e. The zero-order valence-electron chi connectivity index (χ0n) is 18.0. The van der Waals surface area contributed by atoms with Gasteiger partial charge in [0.15, 0.2) is 11.5 Å². The molecule has 30 heavy (non-hydrogen) atoms. The molecule has 3 rings (SSSR count). The summed E-state index contributed by atoms with van der Waals surface area (Å²) >= 11 is 0. The van der Waals surface area contributed by atoms with Gasteiger partial charge < -0.3 is 19.7 Å². The minimum Gasteiger partial charge on any atom is -0.486 e. The van der Waals surface area contributed by atoms with Crippen LogP contribution >= 0.6 is 0 Å². The fourth-order valence-electron chi connectivity index (χ4n) is 3.68. The smallest absolute Gasteiger partial charge is 0.325 e. The van der Waals surface area contributed by atoms with E-state index in [0.29, 0.717) is 43.4 Å². The number of nitrogens with one attached hydrogen (secondary N) is 1. The number of urea groups is 1. The number of rotatable bonds is 9.